The Bertz CT molecular complexity index is 554. The van der Waals surface area contributed by atoms with Crippen molar-refractivity contribution in [3.05, 3.63) is 45.7 Å². The first-order valence-corrected chi connectivity index (χ1v) is 5.83. The summed E-state index contributed by atoms with van der Waals surface area (Å²) >= 11 is 0. The number of H-pyrrole nitrogens is 1. The largest absolute Gasteiger partial charge is 0.358 e. The van der Waals surface area contributed by atoms with E-state index in [1.807, 2.05) is 19.1 Å². The Kier molecular flexibility index (Phi) is 3.09. The van der Waals surface area contributed by atoms with Gasteiger partial charge in [-0.3, -0.25) is 4.79 Å². The number of rotatable bonds is 3. The fraction of sp³-hybridized carbons (Fsp3) is 0.357. The van der Waals surface area contributed by atoms with Gasteiger partial charge in [0, 0.05) is 22.7 Å². The molecule has 0 unspecified atom stereocenters. The van der Waals surface area contributed by atoms with E-state index < -0.39 is 0 Å². The highest BCUT2D eigenvalue weighted by molar-refractivity contribution is 5.79. The van der Waals surface area contributed by atoms with Gasteiger partial charge in [-0.15, -0.1) is 0 Å². The van der Waals surface area contributed by atoms with Gasteiger partial charge in [0.15, 0.2) is 5.43 Å². The number of hydrogen-bond donors (Lipinski definition) is 1. The van der Waals surface area contributed by atoms with E-state index in [2.05, 4.69) is 18.0 Å². The molecular formula is C14H17NO. The van der Waals surface area contributed by atoms with Gasteiger partial charge in [-0.05, 0) is 37.5 Å². The van der Waals surface area contributed by atoms with Crippen molar-refractivity contribution in [1.29, 1.82) is 0 Å². The lowest BCUT2D eigenvalue weighted by Gasteiger charge is -2.03. The molecule has 0 aliphatic rings. The maximum absolute atomic E-state index is 11.8. The Balaban J connectivity index is 2.49. The van der Waals surface area contributed by atoms with Crippen LogP contribution in [0.3, 0.4) is 0 Å². The van der Waals surface area contributed by atoms with Gasteiger partial charge in [-0.1, -0.05) is 19.4 Å². The molecule has 0 fully saturated rings. The van der Waals surface area contributed by atoms with Crippen molar-refractivity contribution in [3.63, 3.8) is 0 Å². The Morgan fingerprint density at radius 2 is 2.06 bits per heavy atom. The molecule has 84 valence electrons. The number of unbranched alkanes of at least 4 members (excludes halogenated alkanes) is 1. The van der Waals surface area contributed by atoms with Crippen molar-refractivity contribution in [2.24, 2.45) is 0 Å². The molecule has 0 saturated heterocycles. The lowest BCUT2D eigenvalue weighted by Crippen LogP contribution is -2.03. The van der Waals surface area contributed by atoms with Gasteiger partial charge in [0.25, 0.3) is 0 Å². The fourth-order valence-electron chi connectivity index (χ4n) is 1.96. The Hall–Kier alpha value is -1.57. The number of nitrogens with one attached hydrogen (secondary N) is 1. The van der Waals surface area contributed by atoms with Crippen LogP contribution in [-0.2, 0) is 6.42 Å². The SMILES string of the molecule is CCCCc1ccc2[nH]c(C)cc(=O)c2c1. The molecule has 1 heterocycles. The van der Waals surface area contributed by atoms with E-state index in [4.69, 9.17) is 0 Å². The van der Waals surface area contributed by atoms with Gasteiger partial charge in [-0.25, -0.2) is 0 Å². The van der Waals surface area contributed by atoms with Crippen molar-refractivity contribution >= 4 is 10.9 Å². The number of pyridine rings is 1. The number of aromatic nitrogens is 1. The minimum Gasteiger partial charge on any atom is -0.358 e. The fourth-order valence-corrected chi connectivity index (χ4v) is 1.96. The molecule has 0 aliphatic heterocycles. The monoisotopic (exact) mass is 215 g/mol. The molecule has 1 N–H and O–H groups in total. The number of aryl methyl sites for hydroxylation is 2. The summed E-state index contributed by atoms with van der Waals surface area (Å²) in [6.07, 6.45) is 3.41. The smallest absolute Gasteiger partial charge is 0.189 e. The van der Waals surface area contributed by atoms with Crippen LogP contribution in [0.25, 0.3) is 10.9 Å². The van der Waals surface area contributed by atoms with Gasteiger partial charge in [-0.2, -0.15) is 0 Å². The highest BCUT2D eigenvalue weighted by atomic mass is 16.1. The summed E-state index contributed by atoms with van der Waals surface area (Å²) in [4.78, 5) is 15.0. The van der Waals surface area contributed by atoms with E-state index in [9.17, 15) is 4.79 Å². The van der Waals surface area contributed by atoms with E-state index >= 15 is 0 Å². The molecule has 0 saturated carbocycles. The molecule has 16 heavy (non-hydrogen) atoms. The van der Waals surface area contributed by atoms with Crippen LogP contribution >= 0.6 is 0 Å². The maximum Gasteiger partial charge on any atom is 0.189 e. The third kappa shape index (κ3) is 2.16. The maximum atomic E-state index is 11.8. The molecule has 0 atom stereocenters. The zero-order valence-corrected chi connectivity index (χ0v) is 9.84. The van der Waals surface area contributed by atoms with E-state index in [1.165, 1.54) is 18.4 Å². The topological polar surface area (TPSA) is 32.9 Å². The number of aromatic amines is 1. The Morgan fingerprint density at radius 3 is 2.81 bits per heavy atom. The van der Waals surface area contributed by atoms with Crippen LogP contribution in [0, 0.1) is 6.92 Å². The summed E-state index contributed by atoms with van der Waals surface area (Å²) in [5.41, 5.74) is 3.22. The van der Waals surface area contributed by atoms with E-state index in [0.29, 0.717) is 0 Å². The molecule has 0 bridgehead atoms. The minimum absolute atomic E-state index is 0.115. The highest BCUT2D eigenvalue weighted by Crippen LogP contribution is 2.13. The molecule has 2 nitrogen and oxygen atoms in total. The number of hydrogen-bond acceptors (Lipinski definition) is 1. The predicted molar refractivity (Wildman–Crippen MR) is 67.9 cm³/mol. The zero-order valence-electron chi connectivity index (χ0n) is 9.84. The first kappa shape index (κ1) is 10.9. The van der Waals surface area contributed by atoms with Crippen molar-refractivity contribution in [2.45, 2.75) is 33.1 Å². The average molecular weight is 215 g/mol. The summed E-state index contributed by atoms with van der Waals surface area (Å²) in [6.45, 7) is 4.09. The lowest BCUT2D eigenvalue weighted by atomic mass is 10.1. The first-order valence-electron chi connectivity index (χ1n) is 5.83. The molecular weight excluding hydrogens is 198 g/mol. The quantitative estimate of drug-likeness (QED) is 0.838. The second-order valence-corrected chi connectivity index (χ2v) is 4.30. The molecule has 0 amide bonds. The summed E-state index contributed by atoms with van der Waals surface area (Å²) in [5, 5.41) is 0.805. The first-order chi connectivity index (χ1) is 7.70. The second-order valence-electron chi connectivity index (χ2n) is 4.30. The molecule has 2 rings (SSSR count). The molecule has 0 radical (unpaired) electrons. The molecule has 0 aliphatic carbocycles. The molecule has 1 aromatic carbocycles. The van der Waals surface area contributed by atoms with Crippen LogP contribution in [-0.4, -0.2) is 4.98 Å². The van der Waals surface area contributed by atoms with E-state index in [1.54, 1.807) is 6.07 Å². The van der Waals surface area contributed by atoms with Crippen molar-refractivity contribution in [3.8, 4) is 0 Å². The molecule has 2 heteroatoms. The summed E-state index contributed by atoms with van der Waals surface area (Å²) in [6, 6.07) is 7.79. The summed E-state index contributed by atoms with van der Waals surface area (Å²) < 4.78 is 0. The molecule has 2 aromatic rings. The second kappa shape index (κ2) is 4.52. The molecule has 1 aromatic heterocycles. The molecule has 0 spiro atoms. The van der Waals surface area contributed by atoms with Gasteiger partial charge >= 0.3 is 0 Å². The van der Waals surface area contributed by atoms with Crippen LogP contribution in [0.15, 0.2) is 29.1 Å². The van der Waals surface area contributed by atoms with Gasteiger partial charge < -0.3 is 4.98 Å². The van der Waals surface area contributed by atoms with Crippen LogP contribution in [0.1, 0.15) is 31.0 Å². The van der Waals surface area contributed by atoms with Crippen LogP contribution in [0.4, 0.5) is 0 Å². The summed E-state index contributed by atoms with van der Waals surface area (Å²) in [5.74, 6) is 0. The highest BCUT2D eigenvalue weighted by Gasteiger charge is 2.01. The van der Waals surface area contributed by atoms with Crippen molar-refractivity contribution in [1.82, 2.24) is 4.98 Å². The average Bonchev–Trinajstić information content (AvgIpc) is 2.26. The van der Waals surface area contributed by atoms with E-state index in [-0.39, 0.29) is 5.43 Å². The van der Waals surface area contributed by atoms with Crippen LogP contribution < -0.4 is 5.43 Å². The predicted octanol–water partition coefficient (Wildman–Crippen LogP) is 3.18. The third-order valence-corrected chi connectivity index (χ3v) is 2.85. The van der Waals surface area contributed by atoms with Gasteiger partial charge in [0.05, 0.1) is 0 Å². The Morgan fingerprint density at radius 1 is 1.25 bits per heavy atom. The Labute approximate surface area is 95.3 Å². The minimum atomic E-state index is 0.115. The van der Waals surface area contributed by atoms with Crippen LogP contribution in [0.2, 0.25) is 0 Å². The van der Waals surface area contributed by atoms with Gasteiger partial charge in [0.2, 0.25) is 0 Å². The zero-order chi connectivity index (χ0) is 11.5. The third-order valence-electron chi connectivity index (χ3n) is 2.85. The van der Waals surface area contributed by atoms with E-state index in [0.717, 1.165) is 23.0 Å². The van der Waals surface area contributed by atoms with Crippen LogP contribution in [0.5, 0.6) is 0 Å². The summed E-state index contributed by atoms with van der Waals surface area (Å²) in [7, 11) is 0. The van der Waals surface area contributed by atoms with Gasteiger partial charge in [0.1, 0.15) is 0 Å². The normalized spacial score (nSPS) is 10.9. The number of fused-ring (bicyclic) bond motifs is 1. The van der Waals surface area contributed by atoms with Crippen molar-refractivity contribution < 1.29 is 0 Å². The lowest BCUT2D eigenvalue weighted by molar-refractivity contribution is 0.796. The van der Waals surface area contributed by atoms with Crippen molar-refractivity contribution in [2.75, 3.05) is 0 Å². The number of benzene rings is 1. The standard InChI is InChI=1S/C14H17NO/c1-3-4-5-11-6-7-13-12(9-11)14(16)8-10(2)15-13/h6-9H,3-5H2,1-2H3,(H,15,16).